The monoisotopic (exact) mass is 410 g/mol. The van der Waals surface area contributed by atoms with Gasteiger partial charge in [0.1, 0.15) is 11.6 Å². The van der Waals surface area contributed by atoms with Crippen LogP contribution in [0.1, 0.15) is 35.5 Å². The average molecular weight is 410 g/mol. The SMILES string of the molecule is CCOc1ccc(N2C[C@H](c3nnc(NC(=O)c4ccc(F)cc4)o3)CC2=O)cc1. The van der Waals surface area contributed by atoms with Crippen molar-refractivity contribution in [3.63, 3.8) is 0 Å². The first-order valence-electron chi connectivity index (χ1n) is 9.47. The fourth-order valence-electron chi connectivity index (χ4n) is 3.23. The lowest BCUT2D eigenvalue weighted by Crippen LogP contribution is -2.24. The molecule has 1 fully saturated rings. The van der Waals surface area contributed by atoms with Gasteiger partial charge in [0.15, 0.2) is 0 Å². The zero-order valence-corrected chi connectivity index (χ0v) is 16.2. The number of halogens is 1. The summed E-state index contributed by atoms with van der Waals surface area (Å²) in [7, 11) is 0. The Morgan fingerprint density at radius 1 is 1.20 bits per heavy atom. The average Bonchev–Trinajstić information content (AvgIpc) is 3.36. The third kappa shape index (κ3) is 4.14. The van der Waals surface area contributed by atoms with Gasteiger partial charge in [0, 0.05) is 24.2 Å². The molecule has 4 rings (SSSR count). The molecule has 0 bridgehead atoms. The summed E-state index contributed by atoms with van der Waals surface area (Å²) in [5.41, 5.74) is 1.02. The van der Waals surface area contributed by atoms with Crippen LogP contribution in [-0.2, 0) is 4.79 Å². The number of hydrogen-bond acceptors (Lipinski definition) is 6. The zero-order chi connectivity index (χ0) is 21.1. The molecular formula is C21H19FN4O4. The highest BCUT2D eigenvalue weighted by Crippen LogP contribution is 2.32. The highest BCUT2D eigenvalue weighted by atomic mass is 19.1. The maximum atomic E-state index is 13.0. The lowest BCUT2D eigenvalue weighted by molar-refractivity contribution is -0.117. The molecule has 0 saturated carbocycles. The minimum Gasteiger partial charge on any atom is -0.494 e. The maximum Gasteiger partial charge on any atom is 0.322 e. The summed E-state index contributed by atoms with van der Waals surface area (Å²) in [5.74, 6) is -0.264. The van der Waals surface area contributed by atoms with Gasteiger partial charge in [0.25, 0.3) is 5.91 Å². The van der Waals surface area contributed by atoms with Gasteiger partial charge in [-0.3, -0.25) is 14.9 Å². The lowest BCUT2D eigenvalue weighted by Gasteiger charge is -2.16. The molecule has 0 radical (unpaired) electrons. The van der Waals surface area contributed by atoms with Crippen LogP contribution in [0.15, 0.2) is 52.9 Å². The van der Waals surface area contributed by atoms with Crippen LogP contribution in [0, 0.1) is 5.82 Å². The van der Waals surface area contributed by atoms with E-state index in [1.165, 1.54) is 24.3 Å². The highest BCUT2D eigenvalue weighted by molar-refractivity contribution is 6.03. The summed E-state index contributed by atoms with van der Waals surface area (Å²) in [6.45, 7) is 2.87. The van der Waals surface area contributed by atoms with Gasteiger partial charge < -0.3 is 14.1 Å². The molecule has 30 heavy (non-hydrogen) atoms. The van der Waals surface area contributed by atoms with Crippen molar-refractivity contribution < 1.29 is 23.1 Å². The Labute approximate surface area is 171 Å². The van der Waals surface area contributed by atoms with Crippen molar-refractivity contribution in [2.24, 2.45) is 0 Å². The van der Waals surface area contributed by atoms with Gasteiger partial charge in [0.05, 0.1) is 12.5 Å². The standard InChI is InChI=1S/C21H19FN4O4/c1-2-29-17-9-7-16(8-10-17)26-12-14(11-18(26)27)20-24-25-21(30-20)23-19(28)13-3-5-15(22)6-4-13/h3-10,14H,2,11-12H2,1H3,(H,23,25,28)/t14-/m1/s1. The Morgan fingerprint density at radius 2 is 1.93 bits per heavy atom. The third-order valence-corrected chi connectivity index (χ3v) is 4.70. The molecule has 3 aromatic rings. The number of hydrogen-bond donors (Lipinski definition) is 1. The smallest absolute Gasteiger partial charge is 0.322 e. The number of carbonyl (C=O) groups is 2. The van der Waals surface area contributed by atoms with Gasteiger partial charge in [0.2, 0.25) is 11.8 Å². The normalized spacial score (nSPS) is 16.0. The van der Waals surface area contributed by atoms with Gasteiger partial charge in [-0.2, -0.15) is 0 Å². The van der Waals surface area contributed by atoms with Crippen molar-refractivity contribution in [3.05, 3.63) is 65.8 Å². The van der Waals surface area contributed by atoms with E-state index in [1.54, 1.807) is 4.90 Å². The number of ether oxygens (including phenoxy) is 1. The molecule has 2 amide bonds. The highest BCUT2D eigenvalue weighted by Gasteiger charge is 2.35. The van der Waals surface area contributed by atoms with Crippen molar-refractivity contribution in [1.82, 2.24) is 10.2 Å². The molecule has 154 valence electrons. The van der Waals surface area contributed by atoms with E-state index in [0.717, 1.165) is 11.4 Å². The molecule has 2 aromatic carbocycles. The Hall–Kier alpha value is -3.75. The fourth-order valence-corrected chi connectivity index (χ4v) is 3.23. The number of amides is 2. The number of nitrogens with one attached hydrogen (secondary N) is 1. The van der Waals surface area contributed by atoms with Crippen LogP contribution in [0.4, 0.5) is 16.1 Å². The van der Waals surface area contributed by atoms with E-state index >= 15 is 0 Å². The predicted molar refractivity (Wildman–Crippen MR) is 106 cm³/mol. The van der Waals surface area contributed by atoms with Gasteiger partial charge in [-0.25, -0.2) is 4.39 Å². The molecule has 8 nitrogen and oxygen atoms in total. The second-order valence-corrected chi connectivity index (χ2v) is 6.74. The summed E-state index contributed by atoms with van der Waals surface area (Å²) in [4.78, 5) is 26.3. The second-order valence-electron chi connectivity index (χ2n) is 6.74. The van der Waals surface area contributed by atoms with Crippen LogP contribution in [-0.4, -0.2) is 35.2 Å². The molecular weight excluding hydrogens is 391 g/mol. The minimum absolute atomic E-state index is 0.0562. The first kappa shape index (κ1) is 19.6. The first-order chi connectivity index (χ1) is 14.5. The summed E-state index contributed by atoms with van der Waals surface area (Å²) in [6, 6.07) is 12.3. The van der Waals surface area contributed by atoms with E-state index in [4.69, 9.17) is 9.15 Å². The zero-order valence-electron chi connectivity index (χ0n) is 16.2. The van der Waals surface area contributed by atoms with E-state index < -0.39 is 11.7 Å². The number of anilines is 2. The topological polar surface area (TPSA) is 97.6 Å². The number of rotatable bonds is 6. The Bertz CT molecular complexity index is 1050. The molecule has 1 atom stereocenters. The molecule has 1 aliphatic rings. The van der Waals surface area contributed by atoms with E-state index in [-0.39, 0.29) is 35.7 Å². The van der Waals surface area contributed by atoms with Crippen molar-refractivity contribution in [3.8, 4) is 5.75 Å². The largest absolute Gasteiger partial charge is 0.494 e. The number of benzene rings is 2. The number of carbonyl (C=O) groups excluding carboxylic acids is 2. The molecule has 0 spiro atoms. The van der Waals surface area contributed by atoms with E-state index in [1.807, 2.05) is 31.2 Å². The predicted octanol–water partition coefficient (Wildman–Crippen LogP) is 3.38. The van der Waals surface area contributed by atoms with Crippen molar-refractivity contribution >= 4 is 23.5 Å². The van der Waals surface area contributed by atoms with Crippen molar-refractivity contribution in [1.29, 1.82) is 0 Å². The van der Waals surface area contributed by atoms with Crippen LogP contribution in [0.3, 0.4) is 0 Å². The molecule has 0 aliphatic carbocycles. The summed E-state index contributed by atoms with van der Waals surface area (Å²) in [5, 5.41) is 10.3. The Morgan fingerprint density at radius 3 is 2.63 bits per heavy atom. The van der Waals surface area contributed by atoms with Gasteiger partial charge in [-0.1, -0.05) is 5.10 Å². The molecule has 2 heterocycles. The quantitative estimate of drug-likeness (QED) is 0.669. The van der Waals surface area contributed by atoms with Crippen LogP contribution in [0.2, 0.25) is 0 Å². The molecule has 1 aromatic heterocycles. The van der Waals surface area contributed by atoms with Crippen molar-refractivity contribution in [2.75, 3.05) is 23.4 Å². The molecule has 1 aliphatic heterocycles. The minimum atomic E-state index is -0.497. The summed E-state index contributed by atoms with van der Waals surface area (Å²) in [6.07, 6.45) is 0.223. The summed E-state index contributed by atoms with van der Waals surface area (Å²) < 4.78 is 23.9. The van der Waals surface area contributed by atoms with E-state index in [2.05, 4.69) is 15.5 Å². The van der Waals surface area contributed by atoms with Crippen LogP contribution < -0.4 is 15.0 Å². The van der Waals surface area contributed by atoms with Gasteiger partial charge in [-0.15, -0.1) is 5.10 Å². The molecule has 1 N–H and O–H groups in total. The molecule has 9 heteroatoms. The van der Waals surface area contributed by atoms with Crippen LogP contribution in [0.25, 0.3) is 0 Å². The van der Waals surface area contributed by atoms with Gasteiger partial charge in [-0.05, 0) is 55.5 Å². The number of aromatic nitrogens is 2. The third-order valence-electron chi connectivity index (χ3n) is 4.70. The lowest BCUT2D eigenvalue weighted by atomic mass is 10.1. The Balaban J connectivity index is 1.41. The van der Waals surface area contributed by atoms with E-state index in [9.17, 15) is 14.0 Å². The van der Waals surface area contributed by atoms with Gasteiger partial charge >= 0.3 is 6.01 Å². The summed E-state index contributed by atoms with van der Waals surface area (Å²) >= 11 is 0. The number of nitrogens with zero attached hydrogens (tertiary/aromatic N) is 3. The molecule has 1 saturated heterocycles. The first-order valence-corrected chi connectivity index (χ1v) is 9.47. The van der Waals surface area contributed by atoms with Crippen LogP contribution >= 0.6 is 0 Å². The fraction of sp³-hybridized carbons (Fsp3) is 0.238. The van der Waals surface area contributed by atoms with E-state index in [0.29, 0.717) is 13.2 Å². The van der Waals surface area contributed by atoms with Crippen molar-refractivity contribution in [2.45, 2.75) is 19.3 Å². The second kappa shape index (κ2) is 8.32. The Kier molecular flexibility index (Phi) is 5.42. The van der Waals surface area contributed by atoms with Crippen LogP contribution in [0.5, 0.6) is 5.75 Å². The maximum absolute atomic E-state index is 13.0. The molecule has 0 unspecified atom stereocenters.